The number of rotatable bonds is 13. The predicted octanol–water partition coefficient (Wildman–Crippen LogP) is 6.04. The minimum atomic E-state index is -4.46. The van der Waals surface area contributed by atoms with Gasteiger partial charge in [-0.3, -0.25) is 4.79 Å². The van der Waals surface area contributed by atoms with Crippen LogP contribution in [0.25, 0.3) is 0 Å². The van der Waals surface area contributed by atoms with E-state index in [0.29, 0.717) is 16.6 Å². The summed E-state index contributed by atoms with van der Waals surface area (Å²) < 4.78 is 68.4. The standard InChI is InChI=1S/C31H41F3N2O4S2Si/c1-28(2,3)43(23-15-10-8-11-16-23,24-17-12-9-13-18-24)40-22-29(4,5)27-36-35-26(41-27)21-25(37)30(6,7)42(38,39)20-14-19-31(32,33)34/h8-13,15-18H,14,19-22H2,1-7H3. The summed E-state index contributed by atoms with van der Waals surface area (Å²) >= 11 is 1.21. The predicted molar refractivity (Wildman–Crippen MR) is 168 cm³/mol. The number of carbonyl (C=O) groups excluding carboxylic acids is 1. The maximum atomic E-state index is 13.1. The maximum absolute atomic E-state index is 13.1. The molecule has 0 aliphatic heterocycles. The summed E-state index contributed by atoms with van der Waals surface area (Å²) in [5.41, 5.74) is -0.592. The smallest absolute Gasteiger partial charge is 0.389 e. The lowest BCUT2D eigenvalue weighted by molar-refractivity contribution is -0.134. The number of aromatic nitrogens is 2. The zero-order valence-corrected chi connectivity index (χ0v) is 28.4. The topological polar surface area (TPSA) is 86.2 Å². The van der Waals surface area contributed by atoms with Crippen LogP contribution in [0.3, 0.4) is 0 Å². The molecule has 0 atom stereocenters. The van der Waals surface area contributed by atoms with E-state index in [1.807, 2.05) is 50.2 Å². The molecule has 3 aromatic rings. The maximum Gasteiger partial charge on any atom is 0.389 e. The van der Waals surface area contributed by atoms with E-state index in [0.717, 1.165) is 10.4 Å². The molecule has 0 amide bonds. The number of ketones is 1. The average molecular weight is 655 g/mol. The lowest BCUT2D eigenvalue weighted by Gasteiger charge is -2.44. The molecular formula is C31H41F3N2O4S2Si. The summed E-state index contributed by atoms with van der Waals surface area (Å²) in [7, 11) is -6.94. The van der Waals surface area contributed by atoms with Gasteiger partial charge in [0.15, 0.2) is 15.6 Å². The van der Waals surface area contributed by atoms with E-state index in [4.69, 9.17) is 4.43 Å². The minimum Gasteiger partial charge on any atom is -0.406 e. The quantitative estimate of drug-likeness (QED) is 0.209. The Labute approximate surface area is 258 Å². The fraction of sp³-hybridized carbons (Fsp3) is 0.516. The van der Waals surface area contributed by atoms with Crippen LogP contribution < -0.4 is 10.4 Å². The van der Waals surface area contributed by atoms with Crippen molar-refractivity contribution in [3.63, 3.8) is 0 Å². The van der Waals surface area contributed by atoms with E-state index in [1.54, 1.807) is 0 Å². The van der Waals surface area contributed by atoms with E-state index in [2.05, 4.69) is 55.2 Å². The molecule has 0 aliphatic carbocycles. The summed E-state index contributed by atoms with van der Waals surface area (Å²) in [6, 6.07) is 20.5. The monoisotopic (exact) mass is 654 g/mol. The third-order valence-corrected chi connectivity index (χ3v) is 16.6. The Balaban J connectivity index is 1.83. The highest BCUT2D eigenvalue weighted by molar-refractivity contribution is 7.93. The molecule has 0 saturated carbocycles. The zero-order valence-electron chi connectivity index (χ0n) is 25.8. The first-order chi connectivity index (χ1) is 19.7. The summed E-state index contributed by atoms with van der Waals surface area (Å²) in [4.78, 5) is 13.1. The Morgan fingerprint density at radius 1 is 0.860 bits per heavy atom. The first kappa shape index (κ1) is 35.1. The Morgan fingerprint density at radius 3 is 1.84 bits per heavy atom. The molecule has 0 radical (unpaired) electrons. The molecule has 236 valence electrons. The molecule has 0 aliphatic rings. The van der Waals surface area contributed by atoms with Crippen molar-refractivity contribution in [2.45, 2.75) is 89.1 Å². The largest absolute Gasteiger partial charge is 0.406 e. The van der Waals surface area contributed by atoms with Crippen LogP contribution >= 0.6 is 11.3 Å². The van der Waals surface area contributed by atoms with Gasteiger partial charge in [0.1, 0.15) is 14.8 Å². The number of sulfone groups is 1. The lowest BCUT2D eigenvalue weighted by Crippen LogP contribution is -2.67. The third-order valence-electron chi connectivity index (χ3n) is 7.75. The van der Waals surface area contributed by atoms with Crippen molar-refractivity contribution in [3.05, 3.63) is 70.7 Å². The molecule has 0 unspecified atom stereocenters. The number of benzene rings is 2. The van der Waals surface area contributed by atoms with Crippen LogP contribution in [-0.2, 0) is 30.9 Å². The van der Waals surface area contributed by atoms with E-state index in [1.165, 1.54) is 25.2 Å². The highest BCUT2D eigenvalue weighted by atomic mass is 32.2. The molecule has 0 fully saturated rings. The van der Waals surface area contributed by atoms with Crippen LogP contribution in [0, 0.1) is 0 Å². The van der Waals surface area contributed by atoms with E-state index < -0.39 is 58.9 Å². The molecule has 1 heterocycles. The summed E-state index contributed by atoms with van der Waals surface area (Å²) in [6.07, 6.45) is -6.55. The molecule has 0 saturated heterocycles. The van der Waals surface area contributed by atoms with Crippen molar-refractivity contribution in [2.75, 3.05) is 12.4 Å². The average Bonchev–Trinajstić information content (AvgIpc) is 3.38. The van der Waals surface area contributed by atoms with Crippen molar-refractivity contribution in [3.8, 4) is 0 Å². The van der Waals surface area contributed by atoms with E-state index >= 15 is 0 Å². The Kier molecular flexibility index (Phi) is 10.5. The number of hydrogen-bond donors (Lipinski definition) is 0. The van der Waals surface area contributed by atoms with Gasteiger partial charge in [0.05, 0.1) is 12.2 Å². The molecular weight excluding hydrogens is 614 g/mol. The Hall–Kier alpha value is -2.41. The van der Waals surface area contributed by atoms with E-state index in [9.17, 15) is 26.4 Å². The molecule has 43 heavy (non-hydrogen) atoms. The molecule has 6 nitrogen and oxygen atoms in total. The second-order valence-electron chi connectivity index (χ2n) is 13.0. The lowest BCUT2D eigenvalue weighted by atomic mass is 9.96. The molecule has 0 bridgehead atoms. The molecule has 0 spiro atoms. The second-order valence-corrected chi connectivity index (χ2v) is 21.0. The highest BCUT2D eigenvalue weighted by Crippen LogP contribution is 2.39. The first-order valence-electron chi connectivity index (χ1n) is 14.1. The first-order valence-corrected chi connectivity index (χ1v) is 18.5. The van der Waals surface area contributed by atoms with Gasteiger partial charge in [-0.25, -0.2) is 8.42 Å². The fourth-order valence-corrected chi connectivity index (χ4v) is 12.1. The van der Waals surface area contributed by atoms with Crippen molar-refractivity contribution in [2.24, 2.45) is 0 Å². The molecule has 3 rings (SSSR count). The number of nitrogens with zero attached hydrogens (tertiary/aromatic N) is 2. The Bertz CT molecular complexity index is 1440. The van der Waals surface area contributed by atoms with Gasteiger partial charge >= 0.3 is 6.18 Å². The number of halogens is 3. The normalized spacial score (nSPS) is 13.7. The van der Waals surface area contributed by atoms with Gasteiger partial charge in [0.2, 0.25) is 0 Å². The summed E-state index contributed by atoms with van der Waals surface area (Å²) in [5, 5.41) is 11.6. The number of Topliss-reactive ketones (excluding diaryl/α,β-unsaturated/α-hetero) is 1. The van der Waals surface area contributed by atoms with Gasteiger partial charge in [0, 0.05) is 18.4 Å². The fourth-order valence-electron chi connectivity index (χ4n) is 4.95. The highest BCUT2D eigenvalue weighted by Gasteiger charge is 2.51. The van der Waals surface area contributed by atoms with Gasteiger partial charge in [0.25, 0.3) is 8.32 Å². The van der Waals surface area contributed by atoms with Crippen molar-refractivity contribution >= 4 is 45.6 Å². The van der Waals surface area contributed by atoms with Gasteiger partial charge in [-0.1, -0.05) is 95.3 Å². The molecule has 2 aromatic carbocycles. The van der Waals surface area contributed by atoms with Gasteiger partial charge < -0.3 is 4.43 Å². The van der Waals surface area contributed by atoms with Crippen LogP contribution in [0.15, 0.2) is 60.7 Å². The molecule has 1 aromatic heterocycles. The van der Waals surface area contributed by atoms with Gasteiger partial charge in [-0.05, 0) is 35.7 Å². The van der Waals surface area contributed by atoms with Crippen LogP contribution in [0.4, 0.5) is 13.2 Å². The number of carbonyl (C=O) groups is 1. The van der Waals surface area contributed by atoms with Crippen molar-refractivity contribution in [1.29, 1.82) is 0 Å². The van der Waals surface area contributed by atoms with Gasteiger partial charge in [-0.15, -0.1) is 21.5 Å². The summed E-state index contributed by atoms with van der Waals surface area (Å²) in [6.45, 7) is 13.4. The van der Waals surface area contributed by atoms with E-state index in [-0.39, 0.29) is 11.5 Å². The third kappa shape index (κ3) is 8.00. The molecule has 0 N–H and O–H groups in total. The van der Waals surface area contributed by atoms with Gasteiger partial charge in [-0.2, -0.15) is 13.2 Å². The zero-order chi connectivity index (χ0) is 32.3. The van der Waals surface area contributed by atoms with Crippen LogP contribution in [0.1, 0.15) is 71.3 Å². The Morgan fingerprint density at radius 2 is 1.37 bits per heavy atom. The van der Waals surface area contributed by atoms with Crippen molar-refractivity contribution < 1.29 is 30.8 Å². The van der Waals surface area contributed by atoms with Crippen LogP contribution in [-0.4, -0.2) is 56.0 Å². The SMILES string of the molecule is CC(C)(CO[Si](c1ccccc1)(c1ccccc1)C(C)(C)C)c1nnc(CC(=O)C(C)(C)S(=O)(=O)CCCC(F)(F)F)s1. The number of hydrogen-bond acceptors (Lipinski definition) is 7. The van der Waals surface area contributed by atoms with Crippen LogP contribution in [0.2, 0.25) is 5.04 Å². The minimum absolute atomic E-state index is 0.221. The number of alkyl halides is 3. The van der Waals surface area contributed by atoms with Crippen molar-refractivity contribution in [1.82, 2.24) is 10.2 Å². The summed E-state index contributed by atoms with van der Waals surface area (Å²) in [5.74, 6) is -1.36. The van der Waals surface area contributed by atoms with Crippen LogP contribution in [0.5, 0.6) is 0 Å². The molecule has 12 heteroatoms. The second kappa shape index (κ2) is 12.9.